The van der Waals surface area contributed by atoms with Gasteiger partial charge < -0.3 is 4.99 Å². The van der Waals surface area contributed by atoms with Gasteiger partial charge in [-0.1, -0.05) is 36.7 Å². The van der Waals surface area contributed by atoms with Gasteiger partial charge >= 0.3 is 0 Å². The van der Waals surface area contributed by atoms with Crippen LogP contribution in [0.1, 0.15) is 22.3 Å². The number of hydrogen-bond donors (Lipinski definition) is 0. The molecule has 0 heterocycles. The van der Waals surface area contributed by atoms with Crippen LogP contribution in [-0.2, 0) is 21.1 Å². The first-order valence-corrected chi connectivity index (χ1v) is 4.06. The molecule has 0 amide bonds. The van der Waals surface area contributed by atoms with Crippen LogP contribution < -0.4 is 0 Å². The Morgan fingerprint density at radius 3 is 2.00 bits per heavy atom. The van der Waals surface area contributed by atoms with E-state index in [4.69, 9.17) is 6.72 Å². The molecule has 0 atom stereocenters. The van der Waals surface area contributed by atoms with Crippen molar-refractivity contribution in [3.05, 3.63) is 28.3 Å². The maximum Gasteiger partial charge on any atom is 0 e. The molecule has 0 radical (unpaired) electrons. The van der Waals surface area contributed by atoms with E-state index >= 15 is 0 Å². The zero-order chi connectivity index (χ0) is 9.30. The Balaban J connectivity index is 0.00000144. The molecule has 0 N–H and O–H groups in total. The van der Waals surface area contributed by atoms with Crippen molar-refractivity contribution in [2.75, 3.05) is 0 Å². The smallest absolute Gasteiger partial charge is 0 e. The van der Waals surface area contributed by atoms with Gasteiger partial charge in [0.2, 0.25) is 0 Å². The molecule has 0 aliphatic carbocycles. The summed E-state index contributed by atoms with van der Waals surface area (Å²) < 4.78 is 0. The molecule has 1 rings (SSSR count). The quantitative estimate of drug-likeness (QED) is 0.548. The summed E-state index contributed by atoms with van der Waals surface area (Å²) in [5.74, 6) is 0. The molecule has 1 aromatic rings. The van der Waals surface area contributed by atoms with Crippen LogP contribution in [0, 0.1) is 27.7 Å². The first kappa shape index (κ1) is 12.6. The van der Waals surface area contributed by atoms with E-state index < -0.39 is 0 Å². The molecule has 1 aromatic carbocycles. The molecule has 0 aliphatic rings. The number of aliphatic imine (C=N–C) groups is 1. The fourth-order valence-electron chi connectivity index (χ4n) is 1.47. The monoisotopic (exact) mass is 344 g/mol. The summed E-state index contributed by atoms with van der Waals surface area (Å²) in [6, 6.07) is 2.12. The van der Waals surface area contributed by atoms with Crippen molar-refractivity contribution >= 4 is 12.4 Å². The van der Waals surface area contributed by atoms with E-state index in [0.29, 0.717) is 0 Å². The Labute approximate surface area is 94.5 Å². The Bertz CT molecular complexity index is 329. The van der Waals surface area contributed by atoms with Gasteiger partial charge in [-0.25, -0.2) is 0 Å². The van der Waals surface area contributed by atoms with Gasteiger partial charge in [0, 0.05) is 21.1 Å². The van der Waals surface area contributed by atoms with Crippen molar-refractivity contribution in [3.8, 4) is 0 Å². The summed E-state index contributed by atoms with van der Waals surface area (Å²) in [6.45, 7) is 13.6. The minimum atomic E-state index is 0. The number of rotatable bonds is 1. The third-order valence-electron chi connectivity index (χ3n) is 2.44. The van der Waals surface area contributed by atoms with Gasteiger partial charge in [-0.15, -0.1) is 11.1 Å². The predicted molar refractivity (Wildman–Crippen MR) is 53.5 cm³/mol. The maximum atomic E-state index is 5.30. The molecular formula is C11H14NW-. The van der Waals surface area contributed by atoms with Crippen LogP contribution in [0.15, 0.2) is 11.1 Å². The molecule has 1 nitrogen and oxygen atoms in total. The predicted octanol–water partition coefficient (Wildman–Crippen LogP) is 3.13. The Kier molecular flexibility index (Phi) is 4.56. The summed E-state index contributed by atoms with van der Waals surface area (Å²) in [4.78, 5) is 3.77. The number of nitrogens with zero attached hydrogens (tertiary/aromatic N) is 1. The van der Waals surface area contributed by atoms with E-state index in [0.717, 1.165) is 11.3 Å². The minimum absolute atomic E-state index is 0. The zero-order valence-corrected chi connectivity index (χ0v) is 11.4. The van der Waals surface area contributed by atoms with Gasteiger partial charge in [-0.05, 0) is 13.8 Å². The second kappa shape index (κ2) is 4.71. The maximum absolute atomic E-state index is 5.30. The van der Waals surface area contributed by atoms with Crippen LogP contribution in [0.25, 0.3) is 0 Å². The Hall–Kier alpha value is -0.422. The van der Waals surface area contributed by atoms with Crippen molar-refractivity contribution in [1.82, 2.24) is 0 Å². The summed E-state index contributed by atoms with van der Waals surface area (Å²) >= 11 is 0. The molecule has 0 saturated heterocycles. The van der Waals surface area contributed by atoms with Gasteiger partial charge in [0.1, 0.15) is 0 Å². The van der Waals surface area contributed by atoms with E-state index in [-0.39, 0.29) is 21.1 Å². The van der Waals surface area contributed by atoms with Crippen molar-refractivity contribution in [3.63, 3.8) is 0 Å². The third-order valence-corrected chi connectivity index (χ3v) is 2.44. The van der Waals surface area contributed by atoms with Crippen molar-refractivity contribution in [2.24, 2.45) is 4.99 Å². The van der Waals surface area contributed by atoms with Gasteiger partial charge in [-0.2, -0.15) is 6.72 Å². The van der Waals surface area contributed by atoms with Crippen molar-refractivity contribution in [1.29, 1.82) is 0 Å². The van der Waals surface area contributed by atoms with Crippen LogP contribution >= 0.6 is 0 Å². The molecule has 13 heavy (non-hydrogen) atoms. The molecule has 0 unspecified atom stereocenters. The molecule has 70 valence electrons. The molecule has 0 bridgehead atoms. The largest absolute Gasteiger partial charge is 0.459 e. The van der Waals surface area contributed by atoms with Gasteiger partial charge in [0.05, 0.1) is 0 Å². The molecule has 0 aliphatic heterocycles. The number of benzene rings is 1. The summed E-state index contributed by atoms with van der Waals surface area (Å²) in [7, 11) is 0. The minimum Gasteiger partial charge on any atom is -0.459 e. The topological polar surface area (TPSA) is 12.4 Å². The van der Waals surface area contributed by atoms with Crippen LogP contribution in [0.4, 0.5) is 5.69 Å². The number of aryl methyl sites for hydroxylation is 2. The third kappa shape index (κ3) is 2.28. The van der Waals surface area contributed by atoms with E-state index in [1.165, 1.54) is 16.7 Å². The van der Waals surface area contributed by atoms with Crippen molar-refractivity contribution < 1.29 is 21.1 Å². The molecule has 0 saturated carbocycles. The van der Waals surface area contributed by atoms with Crippen LogP contribution in [0.2, 0.25) is 0 Å². The van der Waals surface area contributed by atoms with Crippen molar-refractivity contribution in [2.45, 2.75) is 27.7 Å². The second-order valence-electron chi connectivity index (χ2n) is 3.24. The van der Waals surface area contributed by atoms with Crippen LogP contribution in [0.5, 0.6) is 0 Å². The summed E-state index contributed by atoms with van der Waals surface area (Å²) in [6.07, 6.45) is 0. The summed E-state index contributed by atoms with van der Waals surface area (Å²) in [5, 5.41) is 0. The Morgan fingerprint density at radius 2 is 1.54 bits per heavy atom. The van der Waals surface area contributed by atoms with E-state index in [2.05, 4.69) is 31.8 Å². The van der Waals surface area contributed by atoms with E-state index in [1.807, 2.05) is 6.92 Å². The fraction of sp³-hybridized carbons (Fsp3) is 0.364. The average Bonchev–Trinajstić information content (AvgIpc) is 2.01. The summed E-state index contributed by atoms with van der Waals surface area (Å²) in [5.41, 5.74) is 5.86. The van der Waals surface area contributed by atoms with Gasteiger partial charge in [0.25, 0.3) is 0 Å². The van der Waals surface area contributed by atoms with Gasteiger partial charge in [0.15, 0.2) is 0 Å². The van der Waals surface area contributed by atoms with E-state index in [1.54, 1.807) is 0 Å². The second-order valence-corrected chi connectivity index (χ2v) is 3.24. The van der Waals surface area contributed by atoms with Gasteiger partial charge in [-0.3, -0.25) is 0 Å². The standard InChI is InChI=1S/C11H14N.W/c1-7-6-8(2)11(12-5)10(4)9(7)3;/h5-6H,1-4H3;/q-1;. The van der Waals surface area contributed by atoms with E-state index in [9.17, 15) is 0 Å². The molecule has 0 aromatic heterocycles. The zero-order valence-electron chi connectivity index (χ0n) is 8.51. The molecule has 0 fully saturated rings. The van der Waals surface area contributed by atoms with Crippen LogP contribution in [0.3, 0.4) is 0 Å². The molecule has 0 spiro atoms. The molecular weight excluding hydrogens is 330 g/mol. The Morgan fingerprint density at radius 1 is 1.00 bits per heavy atom. The SMILES string of the molecule is [CH-]=Nc1c(C)cc(C)c(C)c1C.[W]. The first-order chi connectivity index (χ1) is 5.57. The normalized spacial score (nSPS) is 9.23. The average molecular weight is 344 g/mol. The van der Waals surface area contributed by atoms with Crippen LogP contribution in [-0.4, -0.2) is 6.72 Å². The first-order valence-electron chi connectivity index (χ1n) is 4.06. The number of hydrogen-bond acceptors (Lipinski definition) is 1. The fourth-order valence-corrected chi connectivity index (χ4v) is 1.47. The molecule has 2 heteroatoms.